The SMILES string of the molecule is COc1ccc(-c2cnc(CNCCc3ccc(F)cc3)s2)c(OC)c1. The fraction of sp³-hybridized carbons (Fsp3) is 0.250. The molecule has 0 saturated heterocycles. The van der Waals surface area contributed by atoms with Gasteiger partial charge in [-0.15, -0.1) is 11.3 Å². The standard InChI is InChI=1S/C20H21FN2O2S/c1-24-16-7-8-17(18(11-16)25-2)19-12-23-20(26-19)13-22-10-9-14-3-5-15(21)6-4-14/h3-8,11-12,22H,9-10,13H2,1-2H3. The van der Waals surface area contributed by atoms with Crippen molar-refractivity contribution >= 4 is 11.3 Å². The summed E-state index contributed by atoms with van der Waals surface area (Å²) in [6.07, 6.45) is 2.72. The van der Waals surface area contributed by atoms with E-state index in [1.54, 1.807) is 25.6 Å². The first-order valence-electron chi connectivity index (χ1n) is 8.32. The molecule has 0 saturated carbocycles. The number of nitrogens with one attached hydrogen (secondary N) is 1. The van der Waals surface area contributed by atoms with Crippen LogP contribution < -0.4 is 14.8 Å². The van der Waals surface area contributed by atoms with Crippen LogP contribution in [0, 0.1) is 5.82 Å². The van der Waals surface area contributed by atoms with E-state index in [1.807, 2.05) is 36.5 Å². The molecule has 0 unspecified atom stereocenters. The van der Waals surface area contributed by atoms with Gasteiger partial charge >= 0.3 is 0 Å². The van der Waals surface area contributed by atoms with Crippen LogP contribution in [-0.2, 0) is 13.0 Å². The second-order valence-electron chi connectivity index (χ2n) is 5.74. The van der Waals surface area contributed by atoms with Crippen LogP contribution in [-0.4, -0.2) is 25.7 Å². The fourth-order valence-electron chi connectivity index (χ4n) is 2.60. The van der Waals surface area contributed by atoms with Crippen LogP contribution in [0.2, 0.25) is 0 Å². The Kier molecular flexibility index (Phi) is 6.20. The Balaban J connectivity index is 1.57. The molecule has 3 rings (SSSR count). The number of aromatic nitrogens is 1. The van der Waals surface area contributed by atoms with Gasteiger partial charge in [0.05, 0.1) is 19.1 Å². The lowest BCUT2D eigenvalue weighted by molar-refractivity contribution is 0.395. The van der Waals surface area contributed by atoms with E-state index in [-0.39, 0.29) is 5.82 Å². The summed E-state index contributed by atoms with van der Waals surface area (Å²) in [6, 6.07) is 12.4. The molecule has 0 spiro atoms. The third kappa shape index (κ3) is 4.59. The van der Waals surface area contributed by atoms with E-state index in [0.29, 0.717) is 6.54 Å². The number of nitrogens with zero attached hydrogens (tertiary/aromatic N) is 1. The van der Waals surface area contributed by atoms with Gasteiger partial charge in [-0.1, -0.05) is 12.1 Å². The molecule has 0 aliphatic carbocycles. The second kappa shape index (κ2) is 8.78. The zero-order chi connectivity index (χ0) is 18.4. The topological polar surface area (TPSA) is 43.4 Å². The normalized spacial score (nSPS) is 10.7. The fourth-order valence-corrected chi connectivity index (χ4v) is 3.52. The number of rotatable bonds is 8. The van der Waals surface area contributed by atoms with Crippen LogP contribution >= 0.6 is 11.3 Å². The van der Waals surface area contributed by atoms with Gasteiger partial charge in [0, 0.05) is 24.4 Å². The van der Waals surface area contributed by atoms with E-state index in [9.17, 15) is 4.39 Å². The lowest BCUT2D eigenvalue weighted by Crippen LogP contribution is -2.16. The van der Waals surface area contributed by atoms with Gasteiger partial charge in [-0.2, -0.15) is 0 Å². The summed E-state index contributed by atoms with van der Waals surface area (Å²) in [7, 11) is 3.29. The first-order chi connectivity index (χ1) is 12.7. The van der Waals surface area contributed by atoms with E-state index >= 15 is 0 Å². The number of methoxy groups -OCH3 is 2. The molecular weight excluding hydrogens is 351 g/mol. The van der Waals surface area contributed by atoms with Crippen molar-refractivity contribution in [2.45, 2.75) is 13.0 Å². The number of thiazole rings is 1. The number of ether oxygens (including phenoxy) is 2. The molecular formula is C20H21FN2O2S. The Hall–Kier alpha value is -2.44. The summed E-state index contributed by atoms with van der Waals surface area (Å²) in [5.74, 6) is 1.33. The highest BCUT2D eigenvalue weighted by atomic mass is 32.1. The van der Waals surface area contributed by atoms with Crippen molar-refractivity contribution < 1.29 is 13.9 Å². The Morgan fingerprint density at radius 1 is 1.08 bits per heavy atom. The monoisotopic (exact) mass is 372 g/mol. The predicted octanol–water partition coefficient (Wildman–Crippen LogP) is 4.30. The first kappa shape index (κ1) is 18.4. The minimum atomic E-state index is -0.203. The largest absolute Gasteiger partial charge is 0.497 e. The third-order valence-electron chi connectivity index (χ3n) is 4.01. The zero-order valence-electron chi connectivity index (χ0n) is 14.8. The number of hydrogen-bond acceptors (Lipinski definition) is 5. The molecule has 1 N–H and O–H groups in total. The van der Waals surface area contributed by atoms with Gasteiger partial charge in [0.25, 0.3) is 0 Å². The minimum absolute atomic E-state index is 0.203. The molecule has 0 fully saturated rings. The number of hydrogen-bond donors (Lipinski definition) is 1. The maximum Gasteiger partial charge on any atom is 0.131 e. The highest BCUT2D eigenvalue weighted by Gasteiger charge is 2.11. The molecule has 0 amide bonds. The van der Waals surface area contributed by atoms with Gasteiger partial charge in [-0.25, -0.2) is 9.37 Å². The molecule has 1 heterocycles. The summed E-state index contributed by atoms with van der Waals surface area (Å²) in [5, 5.41) is 4.39. The minimum Gasteiger partial charge on any atom is -0.497 e. The van der Waals surface area contributed by atoms with Gasteiger partial charge in [-0.3, -0.25) is 0 Å². The zero-order valence-corrected chi connectivity index (χ0v) is 15.6. The average molecular weight is 372 g/mol. The molecule has 6 heteroatoms. The summed E-state index contributed by atoms with van der Waals surface area (Å²) in [5.41, 5.74) is 2.12. The van der Waals surface area contributed by atoms with Crippen LogP contribution in [0.15, 0.2) is 48.7 Å². The molecule has 4 nitrogen and oxygen atoms in total. The molecule has 0 bridgehead atoms. The van der Waals surface area contributed by atoms with Crippen LogP contribution in [0.3, 0.4) is 0 Å². The van der Waals surface area contributed by atoms with Crippen LogP contribution in [0.5, 0.6) is 11.5 Å². The Labute approximate surface area is 156 Å². The average Bonchev–Trinajstić information content (AvgIpc) is 3.14. The van der Waals surface area contributed by atoms with Crippen LogP contribution in [0.1, 0.15) is 10.6 Å². The molecule has 0 atom stereocenters. The van der Waals surface area contributed by atoms with Crippen molar-refractivity contribution in [1.29, 1.82) is 0 Å². The highest BCUT2D eigenvalue weighted by molar-refractivity contribution is 7.15. The Morgan fingerprint density at radius 3 is 2.62 bits per heavy atom. The molecule has 136 valence electrons. The Bertz CT molecular complexity index is 849. The van der Waals surface area contributed by atoms with Gasteiger partial charge in [0.1, 0.15) is 22.3 Å². The van der Waals surface area contributed by atoms with Crippen molar-refractivity contribution in [2.24, 2.45) is 0 Å². The van der Waals surface area contributed by atoms with Crippen molar-refractivity contribution in [3.05, 3.63) is 65.0 Å². The van der Waals surface area contributed by atoms with Crippen molar-refractivity contribution in [1.82, 2.24) is 10.3 Å². The van der Waals surface area contributed by atoms with E-state index in [4.69, 9.17) is 9.47 Å². The lowest BCUT2D eigenvalue weighted by Gasteiger charge is -2.08. The summed E-state index contributed by atoms with van der Waals surface area (Å²) >= 11 is 1.63. The van der Waals surface area contributed by atoms with Crippen molar-refractivity contribution in [3.8, 4) is 21.9 Å². The lowest BCUT2D eigenvalue weighted by atomic mass is 10.1. The molecule has 0 aliphatic heterocycles. The smallest absolute Gasteiger partial charge is 0.131 e. The molecule has 0 aliphatic rings. The number of benzene rings is 2. The van der Waals surface area contributed by atoms with Gasteiger partial charge in [0.15, 0.2) is 0 Å². The quantitative estimate of drug-likeness (QED) is 0.599. The third-order valence-corrected chi connectivity index (χ3v) is 5.04. The van der Waals surface area contributed by atoms with E-state index in [1.165, 1.54) is 12.1 Å². The summed E-state index contributed by atoms with van der Waals surface area (Å²) in [6.45, 7) is 1.51. The number of halogens is 1. The van der Waals surface area contributed by atoms with E-state index in [0.717, 1.165) is 45.5 Å². The highest BCUT2D eigenvalue weighted by Crippen LogP contribution is 2.36. The van der Waals surface area contributed by atoms with Crippen molar-refractivity contribution in [3.63, 3.8) is 0 Å². The maximum absolute atomic E-state index is 12.9. The van der Waals surface area contributed by atoms with Crippen LogP contribution in [0.25, 0.3) is 10.4 Å². The second-order valence-corrected chi connectivity index (χ2v) is 6.85. The molecule has 26 heavy (non-hydrogen) atoms. The molecule has 0 radical (unpaired) electrons. The van der Waals surface area contributed by atoms with E-state index in [2.05, 4.69) is 10.3 Å². The molecule has 1 aromatic heterocycles. The molecule has 3 aromatic rings. The van der Waals surface area contributed by atoms with Crippen molar-refractivity contribution in [2.75, 3.05) is 20.8 Å². The summed E-state index contributed by atoms with van der Waals surface area (Å²) in [4.78, 5) is 5.54. The maximum atomic E-state index is 12.9. The van der Waals surface area contributed by atoms with Gasteiger partial charge in [-0.05, 0) is 42.8 Å². The van der Waals surface area contributed by atoms with E-state index < -0.39 is 0 Å². The summed E-state index contributed by atoms with van der Waals surface area (Å²) < 4.78 is 23.6. The van der Waals surface area contributed by atoms with Gasteiger partial charge < -0.3 is 14.8 Å². The Morgan fingerprint density at radius 2 is 1.88 bits per heavy atom. The van der Waals surface area contributed by atoms with Crippen LogP contribution in [0.4, 0.5) is 4.39 Å². The molecule has 2 aromatic carbocycles. The predicted molar refractivity (Wildman–Crippen MR) is 102 cm³/mol. The van der Waals surface area contributed by atoms with Gasteiger partial charge in [0.2, 0.25) is 0 Å². The first-order valence-corrected chi connectivity index (χ1v) is 9.13.